The van der Waals surface area contributed by atoms with Crippen molar-refractivity contribution in [3.8, 4) is 0 Å². The summed E-state index contributed by atoms with van der Waals surface area (Å²) >= 11 is 0. The van der Waals surface area contributed by atoms with Gasteiger partial charge in [-0.05, 0) is 57.9 Å². The van der Waals surface area contributed by atoms with Gasteiger partial charge in [0.25, 0.3) is 10.0 Å². The van der Waals surface area contributed by atoms with Crippen molar-refractivity contribution in [1.82, 2.24) is 0 Å². The van der Waals surface area contributed by atoms with Gasteiger partial charge in [-0.3, -0.25) is 9.10 Å². The Morgan fingerprint density at radius 3 is 2.04 bits per heavy atom. The fraction of sp³-hybridized carbons (Fsp3) is 0.350. The molecule has 0 aromatic heterocycles. The van der Waals surface area contributed by atoms with Gasteiger partial charge in [-0.2, -0.15) is 0 Å². The maximum absolute atomic E-state index is 13.3. The van der Waals surface area contributed by atoms with Gasteiger partial charge in [-0.25, -0.2) is 8.42 Å². The number of hydrogen-bond acceptors (Lipinski definition) is 4. The lowest BCUT2D eigenvalue weighted by molar-refractivity contribution is -0.145. The minimum atomic E-state index is -3.91. The molecule has 2 aromatic rings. The molecule has 0 saturated heterocycles. The fourth-order valence-corrected chi connectivity index (χ4v) is 4.28. The Hall–Kier alpha value is -2.34. The Kier molecular flexibility index (Phi) is 6.08. The summed E-state index contributed by atoms with van der Waals surface area (Å²) in [5.41, 5.74) is 3.02. The van der Waals surface area contributed by atoms with Crippen LogP contribution in [0.15, 0.2) is 47.4 Å². The number of carbonyl (C=O) groups is 1. The van der Waals surface area contributed by atoms with Gasteiger partial charge in [-0.1, -0.05) is 35.9 Å². The molecule has 0 radical (unpaired) electrons. The van der Waals surface area contributed by atoms with Crippen LogP contribution in [0.3, 0.4) is 0 Å². The molecule has 140 valence electrons. The van der Waals surface area contributed by atoms with E-state index >= 15 is 0 Å². The highest BCUT2D eigenvalue weighted by atomic mass is 32.2. The minimum absolute atomic E-state index is 0.142. The van der Waals surface area contributed by atoms with E-state index in [0.717, 1.165) is 21.0 Å². The predicted octanol–water partition coefficient (Wildman–Crippen LogP) is 3.76. The van der Waals surface area contributed by atoms with Gasteiger partial charge in [0, 0.05) is 0 Å². The number of sulfonamides is 1. The third-order valence-corrected chi connectivity index (χ3v) is 5.70. The molecule has 0 aliphatic heterocycles. The van der Waals surface area contributed by atoms with Gasteiger partial charge < -0.3 is 4.74 Å². The monoisotopic (exact) mass is 375 g/mol. The second-order valence-electron chi connectivity index (χ2n) is 6.60. The highest BCUT2D eigenvalue weighted by Crippen LogP contribution is 2.30. The number of aryl methyl sites for hydroxylation is 3. The molecule has 0 unspecified atom stereocenters. The third-order valence-electron chi connectivity index (χ3n) is 3.94. The van der Waals surface area contributed by atoms with Crippen molar-refractivity contribution in [2.75, 3.05) is 10.8 Å². The fourth-order valence-electron chi connectivity index (χ4n) is 2.74. The number of para-hydroxylation sites is 1. The second-order valence-corrected chi connectivity index (χ2v) is 8.47. The number of anilines is 1. The average Bonchev–Trinajstić information content (AvgIpc) is 2.53. The quantitative estimate of drug-likeness (QED) is 0.721. The summed E-state index contributed by atoms with van der Waals surface area (Å²) in [5, 5.41) is 0. The summed E-state index contributed by atoms with van der Waals surface area (Å²) in [6, 6.07) is 12.1. The zero-order valence-corrected chi connectivity index (χ0v) is 16.6. The normalized spacial score (nSPS) is 11.5. The van der Waals surface area contributed by atoms with E-state index in [0.29, 0.717) is 5.69 Å². The third kappa shape index (κ3) is 4.43. The van der Waals surface area contributed by atoms with Gasteiger partial charge in [0.15, 0.2) is 0 Å². The highest BCUT2D eigenvalue weighted by Gasteiger charge is 2.30. The first-order valence-corrected chi connectivity index (χ1v) is 9.92. The van der Waals surface area contributed by atoms with Crippen LogP contribution >= 0.6 is 0 Å². The van der Waals surface area contributed by atoms with E-state index in [1.54, 1.807) is 38.1 Å². The van der Waals surface area contributed by atoms with Crippen molar-refractivity contribution in [1.29, 1.82) is 0 Å². The summed E-state index contributed by atoms with van der Waals surface area (Å²) < 4.78 is 32.9. The van der Waals surface area contributed by atoms with E-state index in [2.05, 4.69) is 0 Å². The number of hydrogen-bond donors (Lipinski definition) is 0. The number of ether oxygens (including phenoxy) is 1. The van der Waals surface area contributed by atoms with Gasteiger partial charge in [0.2, 0.25) is 0 Å². The van der Waals surface area contributed by atoms with Crippen molar-refractivity contribution >= 4 is 21.7 Å². The summed E-state index contributed by atoms with van der Waals surface area (Å²) in [4.78, 5) is 12.4. The molecule has 0 bridgehead atoms. The molecule has 0 N–H and O–H groups in total. The molecule has 2 aromatic carbocycles. The van der Waals surface area contributed by atoms with Crippen LogP contribution < -0.4 is 4.31 Å². The lowest BCUT2D eigenvalue weighted by Crippen LogP contribution is -2.38. The topological polar surface area (TPSA) is 63.7 Å². The van der Waals surface area contributed by atoms with E-state index in [1.165, 1.54) is 0 Å². The highest BCUT2D eigenvalue weighted by molar-refractivity contribution is 7.92. The molecule has 0 spiro atoms. The van der Waals surface area contributed by atoms with Crippen molar-refractivity contribution in [2.45, 2.75) is 45.6 Å². The van der Waals surface area contributed by atoms with Crippen molar-refractivity contribution < 1.29 is 17.9 Å². The van der Waals surface area contributed by atoms with E-state index in [-0.39, 0.29) is 17.5 Å². The second kappa shape index (κ2) is 7.91. The maximum atomic E-state index is 13.3. The lowest BCUT2D eigenvalue weighted by Gasteiger charge is -2.27. The summed E-state index contributed by atoms with van der Waals surface area (Å²) in [6.07, 6.45) is -0.315. The molecule has 0 aliphatic carbocycles. The summed E-state index contributed by atoms with van der Waals surface area (Å²) in [6.45, 7) is 8.63. The van der Waals surface area contributed by atoms with Gasteiger partial charge >= 0.3 is 5.97 Å². The van der Waals surface area contributed by atoms with Gasteiger partial charge in [0.05, 0.1) is 16.7 Å². The Bertz CT molecular complexity index is 866. The first-order chi connectivity index (χ1) is 12.1. The number of esters is 1. The molecule has 0 amide bonds. The first-order valence-electron chi connectivity index (χ1n) is 8.48. The van der Waals surface area contributed by atoms with Crippen LogP contribution in [0, 0.1) is 20.8 Å². The molecule has 0 saturated carbocycles. The van der Waals surface area contributed by atoms with E-state index in [4.69, 9.17) is 4.74 Å². The van der Waals surface area contributed by atoms with Crippen LogP contribution in [0.1, 0.15) is 30.5 Å². The van der Waals surface area contributed by atoms with Crippen molar-refractivity contribution in [3.63, 3.8) is 0 Å². The van der Waals surface area contributed by atoms with E-state index in [9.17, 15) is 13.2 Å². The Labute approximate surface area is 155 Å². The number of carbonyl (C=O) groups excluding carboxylic acids is 1. The molecular formula is C20H25NO4S. The van der Waals surface area contributed by atoms with Crippen LogP contribution in [0.2, 0.25) is 0 Å². The van der Waals surface area contributed by atoms with Gasteiger partial charge in [0.1, 0.15) is 6.54 Å². The average molecular weight is 375 g/mol. The molecule has 2 rings (SSSR count). The zero-order chi connectivity index (χ0) is 19.5. The van der Waals surface area contributed by atoms with Crippen LogP contribution in [-0.2, 0) is 19.6 Å². The molecule has 0 fully saturated rings. The van der Waals surface area contributed by atoms with E-state index in [1.807, 2.05) is 39.0 Å². The molecule has 26 heavy (non-hydrogen) atoms. The molecule has 0 aliphatic rings. The first kappa shape index (κ1) is 20.0. The van der Waals surface area contributed by atoms with Crippen LogP contribution in [-0.4, -0.2) is 27.0 Å². The zero-order valence-electron chi connectivity index (χ0n) is 15.8. The molecule has 0 heterocycles. The smallest absolute Gasteiger partial charge is 0.327 e. The Morgan fingerprint density at radius 1 is 1.00 bits per heavy atom. The number of benzene rings is 2. The molecule has 0 atom stereocenters. The maximum Gasteiger partial charge on any atom is 0.327 e. The minimum Gasteiger partial charge on any atom is -0.462 e. The van der Waals surface area contributed by atoms with Crippen LogP contribution in [0.25, 0.3) is 0 Å². The molecule has 5 nitrogen and oxygen atoms in total. The van der Waals surface area contributed by atoms with Crippen molar-refractivity contribution in [3.05, 3.63) is 59.2 Å². The lowest BCUT2D eigenvalue weighted by atomic mass is 10.1. The molecule has 6 heteroatoms. The van der Waals surface area contributed by atoms with Crippen molar-refractivity contribution in [2.24, 2.45) is 0 Å². The predicted molar refractivity (Wildman–Crippen MR) is 103 cm³/mol. The number of rotatable bonds is 6. The van der Waals surface area contributed by atoms with Crippen LogP contribution in [0.4, 0.5) is 5.69 Å². The molecular weight excluding hydrogens is 350 g/mol. The van der Waals surface area contributed by atoms with Crippen LogP contribution in [0.5, 0.6) is 0 Å². The Morgan fingerprint density at radius 2 is 1.54 bits per heavy atom. The summed E-state index contributed by atoms with van der Waals surface area (Å²) in [7, 11) is -3.91. The SMILES string of the molecule is Cc1ccc(S(=O)(=O)N(CC(=O)OC(C)C)c2c(C)cccc2C)cc1. The summed E-state index contributed by atoms with van der Waals surface area (Å²) in [5.74, 6) is -0.585. The number of nitrogens with zero attached hydrogens (tertiary/aromatic N) is 1. The largest absolute Gasteiger partial charge is 0.462 e. The van der Waals surface area contributed by atoms with E-state index < -0.39 is 16.0 Å². The standard InChI is InChI=1S/C20H25NO4S/c1-14(2)25-19(22)13-21(20-16(4)7-6-8-17(20)5)26(23,24)18-11-9-15(3)10-12-18/h6-12,14H,13H2,1-5H3. The van der Waals surface area contributed by atoms with Gasteiger partial charge in [-0.15, -0.1) is 0 Å². The Balaban J connectivity index is 2.56.